The molecule has 1 unspecified atom stereocenters. The average molecular weight is 380 g/mol. The van der Waals surface area contributed by atoms with Crippen molar-refractivity contribution in [3.63, 3.8) is 0 Å². The minimum Gasteiger partial charge on any atom is -0.768 e. The average Bonchev–Trinajstić information content (AvgIpc) is 2.48. The Morgan fingerprint density at radius 2 is 2.05 bits per heavy atom. The molecule has 1 aromatic rings. The lowest BCUT2D eigenvalue weighted by Crippen LogP contribution is -2.40. The number of rotatable bonds is 2. The van der Waals surface area contributed by atoms with E-state index in [0.717, 1.165) is 0 Å². The third-order valence-electron chi connectivity index (χ3n) is 2.66. The van der Waals surface area contributed by atoms with E-state index in [1.807, 2.05) is 0 Å². The molecule has 1 atom stereocenters. The quantitative estimate of drug-likeness (QED) is 0.580. The molecule has 1 aromatic carbocycles. The van der Waals surface area contributed by atoms with E-state index in [2.05, 4.69) is 15.9 Å². The number of hydrogen-bond acceptors (Lipinski definition) is 6. The maximum absolute atomic E-state index is 12.1. The van der Waals surface area contributed by atoms with E-state index in [1.165, 1.54) is 13.1 Å². The second kappa shape index (κ2) is 9.23. The van der Waals surface area contributed by atoms with Gasteiger partial charge in [-0.05, 0) is 45.2 Å². The highest BCUT2D eigenvalue weighted by Gasteiger charge is 2.19. The van der Waals surface area contributed by atoms with E-state index in [9.17, 15) is 13.6 Å². The Hall–Kier alpha value is -0.840. The van der Waals surface area contributed by atoms with Gasteiger partial charge >= 0.3 is 0 Å². The Bertz CT molecular complexity index is 508. The van der Waals surface area contributed by atoms with Gasteiger partial charge in [0.05, 0.1) is 13.2 Å². The van der Waals surface area contributed by atoms with Gasteiger partial charge in [-0.2, -0.15) is 0 Å². The molecule has 0 radical (unpaired) electrons. The number of benzene rings is 1. The van der Waals surface area contributed by atoms with Crippen LogP contribution in [0.25, 0.3) is 0 Å². The number of nitrogens with one attached hydrogen (secondary N) is 1. The van der Waals surface area contributed by atoms with Gasteiger partial charge < -0.3 is 19.4 Å². The van der Waals surface area contributed by atoms with E-state index < -0.39 is 11.1 Å². The first-order chi connectivity index (χ1) is 10.0. The van der Waals surface area contributed by atoms with Gasteiger partial charge in [-0.3, -0.25) is 9.00 Å². The van der Waals surface area contributed by atoms with Crippen molar-refractivity contribution in [3.05, 3.63) is 28.2 Å². The van der Waals surface area contributed by atoms with Crippen LogP contribution in [0.3, 0.4) is 0 Å². The monoisotopic (exact) mass is 379 g/mol. The molecule has 1 heterocycles. The summed E-state index contributed by atoms with van der Waals surface area (Å²) in [4.78, 5) is 13.9. The number of nitrogens with zero attached hydrogens (tertiary/aromatic N) is 1. The van der Waals surface area contributed by atoms with Crippen molar-refractivity contribution in [2.24, 2.45) is 0 Å². The Balaban J connectivity index is 0.000000677. The summed E-state index contributed by atoms with van der Waals surface area (Å²) in [6, 6.07) is 4.56. The van der Waals surface area contributed by atoms with Crippen LogP contribution in [0.4, 0.5) is 0 Å². The van der Waals surface area contributed by atoms with Crippen molar-refractivity contribution < 1.29 is 23.5 Å². The zero-order chi connectivity index (χ0) is 15.8. The number of carbonyl (C=O) groups excluding carboxylic acids is 1. The predicted octanol–water partition coefficient (Wildman–Crippen LogP) is 0.755. The van der Waals surface area contributed by atoms with E-state index in [0.29, 0.717) is 36.3 Å². The number of amides is 1. The molecule has 7 nitrogen and oxygen atoms in total. The topological polar surface area (TPSA) is 102 Å². The third-order valence-corrected chi connectivity index (χ3v) is 4.31. The molecule has 1 fully saturated rings. The highest BCUT2D eigenvalue weighted by molar-refractivity contribution is 9.10. The first-order valence-corrected chi connectivity index (χ1v) is 7.94. The second-order valence-electron chi connectivity index (χ2n) is 4.01. The van der Waals surface area contributed by atoms with Gasteiger partial charge in [-0.1, -0.05) is 0 Å². The Labute approximate surface area is 133 Å². The van der Waals surface area contributed by atoms with Crippen LogP contribution in [0.1, 0.15) is 10.4 Å². The Morgan fingerprint density at radius 1 is 1.48 bits per heavy atom. The number of carbonyl (C=O) groups is 1. The molecule has 2 N–H and O–H groups in total. The number of hydroxylamine groups is 1. The fourth-order valence-electron chi connectivity index (χ4n) is 1.71. The molecule has 1 saturated heterocycles. The van der Waals surface area contributed by atoms with Gasteiger partial charge in [0.1, 0.15) is 0 Å². The van der Waals surface area contributed by atoms with Crippen molar-refractivity contribution in [3.8, 4) is 0 Å². The van der Waals surface area contributed by atoms with Crippen molar-refractivity contribution in [1.82, 2.24) is 10.4 Å². The van der Waals surface area contributed by atoms with Crippen LogP contribution in [-0.4, -0.2) is 58.1 Å². The van der Waals surface area contributed by atoms with Crippen LogP contribution < -0.4 is 5.48 Å². The standard InChI is InChI=1S/C11H12BrNO4S.CH5NO/c12-9-2-1-8(7-10(9)18(15)16)11(14)13-3-5-17-6-4-13;1-2-3/h1-2,7H,3-6H2,(H,15,16);2-3H,1H3/p-1. The summed E-state index contributed by atoms with van der Waals surface area (Å²) in [7, 11) is 1.43. The molecule has 2 rings (SSSR count). The lowest BCUT2D eigenvalue weighted by Gasteiger charge is -2.27. The number of hydrogen-bond donors (Lipinski definition) is 2. The van der Waals surface area contributed by atoms with Gasteiger partial charge in [-0.25, -0.2) is 5.48 Å². The van der Waals surface area contributed by atoms with Crippen molar-refractivity contribution in [1.29, 1.82) is 0 Å². The molecule has 0 aromatic heterocycles. The van der Waals surface area contributed by atoms with Gasteiger partial charge in [-0.15, -0.1) is 0 Å². The van der Waals surface area contributed by atoms with E-state index in [4.69, 9.17) is 9.94 Å². The smallest absolute Gasteiger partial charge is 0.254 e. The Kier molecular flexibility index (Phi) is 8.01. The molecule has 118 valence electrons. The zero-order valence-electron chi connectivity index (χ0n) is 11.4. The predicted molar refractivity (Wildman–Crippen MR) is 78.9 cm³/mol. The van der Waals surface area contributed by atoms with Crippen molar-refractivity contribution in [2.45, 2.75) is 4.90 Å². The molecule has 21 heavy (non-hydrogen) atoms. The Morgan fingerprint density at radius 3 is 2.57 bits per heavy atom. The summed E-state index contributed by atoms with van der Waals surface area (Å²) in [5, 5.41) is 7.32. The van der Waals surface area contributed by atoms with Gasteiger partial charge in [0, 0.05) is 35.1 Å². The lowest BCUT2D eigenvalue weighted by atomic mass is 10.2. The maximum Gasteiger partial charge on any atom is 0.254 e. The van der Waals surface area contributed by atoms with Gasteiger partial charge in [0.15, 0.2) is 0 Å². The summed E-state index contributed by atoms with van der Waals surface area (Å²) in [6.07, 6.45) is 0. The van der Waals surface area contributed by atoms with E-state index in [1.54, 1.807) is 22.5 Å². The molecule has 0 bridgehead atoms. The normalized spacial score (nSPS) is 15.9. The first-order valence-electron chi connectivity index (χ1n) is 6.08. The van der Waals surface area contributed by atoms with Crippen LogP contribution >= 0.6 is 15.9 Å². The summed E-state index contributed by atoms with van der Waals surface area (Å²) >= 11 is 0.774. The SMILES string of the molecule is CNO.O=C(c1ccc(Br)c(S(=O)[O-])c1)N1CCOCC1. The molecule has 9 heteroatoms. The fourth-order valence-corrected chi connectivity index (χ4v) is 2.81. The third kappa shape index (κ3) is 5.46. The minimum atomic E-state index is -2.36. The van der Waals surface area contributed by atoms with E-state index >= 15 is 0 Å². The van der Waals surface area contributed by atoms with E-state index in [-0.39, 0.29) is 10.8 Å². The largest absolute Gasteiger partial charge is 0.768 e. The molecule has 1 aliphatic heterocycles. The molecule has 1 aliphatic rings. The van der Waals surface area contributed by atoms with Gasteiger partial charge in [0.2, 0.25) is 0 Å². The molecular formula is C12H16BrN2O5S-. The second-order valence-corrected chi connectivity index (χ2v) is 5.77. The van der Waals surface area contributed by atoms with Crippen LogP contribution in [0.2, 0.25) is 0 Å². The van der Waals surface area contributed by atoms with Crippen LogP contribution in [-0.2, 0) is 15.8 Å². The minimum absolute atomic E-state index is 0.0918. The summed E-state index contributed by atoms with van der Waals surface area (Å²) < 4.78 is 27.6. The lowest BCUT2D eigenvalue weighted by molar-refractivity contribution is 0.0302. The van der Waals surface area contributed by atoms with Crippen LogP contribution in [0.5, 0.6) is 0 Å². The maximum atomic E-state index is 12.1. The number of ether oxygens (including phenoxy) is 1. The van der Waals surface area contributed by atoms with Gasteiger partial charge in [0.25, 0.3) is 5.91 Å². The summed E-state index contributed by atoms with van der Waals surface area (Å²) in [5.74, 6) is -0.169. The molecule has 0 saturated carbocycles. The van der Waals surface area contributed by atoms with Crippen molar-refractivity contribution in [2.75, 3.05) is 33.4 Å². The summed E-state index contributed by atoms with van der Waals surface area (Å²) in [5.41, 5.74) is 2.12. The number of halogens is 1. The molecule has 0 aliphatic carbocycles. The molecule has 0 spiro atoms. The fraction of sp³-hybridized carbons (Fsp3) is 0.417. The highest BCUT2D eigenvalue weighted by Crippen LogP contribution is 2.22. The zero-order valence-corrected chi connectivity index (χ0v) is 13.8. The van der Waals surface area contributed by atoms with Crippen LogP contribution in [0.15, 0.2) is 27.6 Å². The molecular weight excluding hydrogens is 364 g/mol. The van der Waals surface area contributed by atoms with Crippen molar-refractivity contribution >= 4 is 32.9 Å². The summed E-state index contributed by atoms with van der Waals surface area (Å²) in [6.45, 7) is 2.10. The molecule has 1 amide bonds. The first kappa shape index (κ1) is 18.2. The van der Waals surface area contributed by atoms with Crippen LogP contribution in [0, 0.1) is 0 Å². The highest BCUT2D eigenvalue weighted by atomic mass is 79.9. The number of morpholine rings is 1.